The standard InChI is InChI=1S/C32H35N5/c1-4-9-27(14-7-10-23(2)28-16-15-26-12-5-6-13-29(26)18-28)30-19-31(34-22-25-11-8-17-33-21-25)37-32(36-30)24(3)20-35-37/h5-6,8,11-13,15-21,27,34H,2,4,7,9-10,14,22H2,1,3H3. The molecule has 0 bridgehead atoms. The highest BCUT2D eigenvalue weighted by Gasteiger charge is 2.17. The molecule has 3 aromatic heterocycles. The highest BCUT2D eigenvalue weighted by molar-refractivity contribution is 5.86. The van der Waals surface area contributed by atoms with Gasteiger partial charge in [0.2, 0.25) is 0 Å². The molecule has 0 aliphatic heterocycles. The van der Waals surface area contributed by atoms with Crippen LogP contribution in [0.4, 0.5) is 5.82 Å². The number of aromatic nitrogens is 4. The fourth-order valence-electron chi connectivity index (χ4n) is 5.03. The monoisotopic (exact) mass is 489 g/mol. The molecule has 0 saturated heterocycles. The third kappa shape index (κ3) is 5.72. The van der Waals surface area contributed by atoms with Crippen molar-refractivity contribution in [2.75, 3.05) is 5.32 Å². The molecule has 1 atom stereocenters. The van der Waals surface area contributed by atoms with Gasteiger partial charge >= 0.3 is 0 Å². The van der Waals surface area contributed by atoms with Crippen LogP contribution >= 0.6 is 0 Å². The van der Waals surface area contributed by atoms with Crippen LogP contribution in [0.5, 0.6) is 0 Å². The molecule has 5 rings (SSSR count). The molecule has 2 aromatic carbocycles. The van der Waals surface area contributed by atoms with E-state index in [1.54, 1.807) is 6.20 Å². The molecule has 0 aliphatic carbocycles. The fraction of sp³-hybridized carbons (Fsp3) is 0.281. The number of fused-ring (bicyclic) bond motifs is 2. The summed E-state index contributed by atoms with van der Waals surface area (Å²) in [6.45, 7) is 9.44. The van der Waals surface area contributed by atoms with Crippen molar-refractivity contribution in [1.29, 1.82) is 0 Å². The number of benzene rings is 2. The van der Waals surface area contributed by atoms with E-state index < -0.39 is 0 Å². The van der Waals surface area contributed by atoms with Crippen LogP contribution in [0.3, 0.4) is 0 Å². The van der Waals surface area contributed by atoms with E-state index in [2.05, 4.69) is 90.4 Å². The molecular weight excluding hydrogens is 454 g/mol. The minimum Gasteiger partial charge on any atom is -0.366 e. The number of aryl methyl sites for hydroxylation is 1. The lowest BCUT2D eigenvalue weighted by Crippen LogP contribution is -2.10. The van der Waals surface area contributed by atoms with E-state index in [1.807, 2.05) is 23.0 Å². The van der Waals surface area contributed by atoms with E-state index in [0.717, 1.165) is 60.4 Å². The van der Waals surface area contributed by atoms with Crippen molar-refractivity contribution in [2.45, 2.75) is 58.4 Å². The molecule has 37 heavy (non-hydrogen) atoms. The van der Waals surface area contributed by atoms with Crippen LogP contribution in [0.1, 0.15) is 67.3 Å². The Morgan fingerprint density at radius 2 is 1.86 bits per heavy atom. The number of nitrogens with one attached hydrogen (secondary N) is 1. The molecule has 5 nitrogen and oxygen atoms in total. The third-order valence-corrected chi connectivity index (χ3v) is 7.11. The predicted molar refractivity (Wildman–Crippen MR) is 154 cm³/mol. The van der Waals surface area contributed by atoms with Gasteiger partial charge < -0.3 is 5.32 Å². The molecule has 1 unspecified atom stereocenters. The summed E-state index contributed by atoms with van der Waals surface area (Å²) < 4.78 is 1.92. The third-order valence-electron chi connectivity index (χ3n) is 7.11. The second-order valence-corrected chi connectivity index (χ2v) is 9.89. The first-order valence-electron chi connectivity index (χ1n) is 13.3. The lowest BCUT2D eigenvalue weighted by Gasteiger charge is -2.18. The Labute approximate surface area is 219 Å². The average molecular weight is 490 g/mol. The van der Waals surface area contributed by atoms with Gasteiger partial charge in [0.05, 0.1) is 6.20 Å². The van der Waals surface area contributed by atoms with Crippen LogP contribution in [0.25, 0.3) is 22.0 Å². The van der Waals surface area contributed by atoms with E-state index in [4.69, 9.17) is 4.98 Å². The van der Waals surface area contributed by atoms with Crippen LogP contribution < -0.4 is 5.32 Å². The number of allylic oxidation sites excluding steroid dienone is 1. The van der Waals surface area contributed by atoms with Gasteiger partial charge in [-0.05, 0) is 72.2 Å². The van der Waals surface area contributed by atoms with Gasteiger partial charge in [-0.3, -0.25) is 4.98 Å². The summed E-state index contributed by atoms with van der Waals surface area (Å²) in [5.41, 5.74) is 6.73. The number of nitrogens with zero attached hydrogens (tertiary/aromatic N) is 4. The number of hydrogen-bond acceptors (Lipinski definition) is 4. The van der Waals surface area contributed by atoms with Gasteiger partial charge in [0.15, 0.2) is 5.65 Å². The van der Waals surface area contributed by atoms with Gasteiger partial charge in [-0.25, -0.2) is 4.98 Å². The Balaban J connectivity index is 1.31. The number of anilines is 1. The Hall–Kier alpha value is -3.99. The molecule has 0 saturated carbocycles. The van der Waals surface area contributed by atoms with Gasteiger partial charge in [0, 0.05) is 42.2 Å². The molecule has 188 valence electrons. The molecule has 1 N–H and O–H groups in total. The first-order chi connectivity index (χ1) is 18.1. The Morgan fingerprint density at radius 1 is 1.00 bits per heavy atom. The molecule has 3 heterocycles. The van der Waals surface area contributed by atoms with Crippen molar-refractivity contribution in [3.8, 4) is 0 Å². The number of rotatable bonds is 11. The molecule has 0 spiro atoms. The second-order valence-electron chi connectivity index (χ2n) is 9.89. The summed E-state index contributed by atoms with van der Waals surface area (Å²) in [5, 5.41) is 10.7. The van der Waals surface area contributed by atoms with Crippen molar-refractivity contribution in [3.05, 3.63) is 108 Å². The Kier molecular flexibility index (Phi) is 7.59. The summed E-state index contributed by atoms with van der Waals surface area (Å²) in [6, 6.07) is 21.4. The van der Waals surface area contributed by atoms with E-state index in [1.165, 1.54) is 21.9 Å². The van der Waals surface area contributed by atoms with Gasteiger partial charge in [0.25, 0.3) is 0 Å². The highest BCUT2D eigenvalue weighted by atomic mass is 15.3. The number of pyridine rings is 1. The largest absolute Gasteiger partial charge is 0.366 e. The molecule has 0 amide bonds. The number of hydrogen-bond donors (Lipinski definition) is 1. The Bertz CT molecular complexity index is 1500. The topological polar surface area (TPSA) is 55.1 Å². The van der Waals surface area contributed by atoms with Crippen LogP contribution in [0.15, 0.2) is 85.8 Å². The van der Waals surface area contributed by atoms with Crippen LogP contribution in [-0.4, -0.2) is 19.6 Å². The first-order valence-corrected chi connectivity index (χ1v) is 13.3. The lowest BCUT2D eigenvalue weighted by molar-refractivity contribution is 0.539. The lowest BCUT2D eigenvalue weighted by atomic mass is 9.91. The normalized spacial score (nSPS) is 12.2. The minimum atomic E-state index is 0.396. The quantitative estimate of drug-likeness (QED) is 0.204. The van der Waals surface area contributed by atoms with Gasteiger partial charge in [-0.2, -0.15) is 9.61 Å². The summed E-state index contributed by atoms with van der Waals surface area (Å²) in [5.74, 6) is 1.37. The zero-order valence-corrected chi connectivity index (χ0v) is 21.8. The highest BCUT2D eigenvalue weighted by Crippen LogP contribution is 2.31. The maximum absolute atomic E-state index is 5.09. The molecule has 0 radical (unpaired) electrons. The molecular formula is C32H35N5. The fourth-order valence-corrected chi connectivity index (χ4v) is 5.03. The van der Waals surface area contributed by atoms with Crippen molar-refractivity contribution in [2.24, 2.45) is 0 Å². The minimum absolute atomic E-state index is 0.396. The van der Waals surface area contributed by atoms with Crippen molar-refractivity contribution in [1.82, 2.24) is 19.6 Å². The zero-order valence-electron chi connectivity index (χ0n) is 21.8. The summed E-state index contributed by atoms with van der Waals surface area (Å²) >= 11 is 0. The summed E-state index contributed by atoms with van der Waals surface area (Å²) in [7, 11) is 0. The maximum atomic E-state index is 5.09. The maximum Gasteiger partial charge on any atom is 0.160 e. The van der Waals surface area contributed by atoms with Crippen molar-refractivity contribution < 1.29 is 0 Å². The van der Waals surface area contributed by atoms with E-state index in [0.29, 0.717) is 12.5 Å². The molecule has 5 heteroatoms. The predicted octanol–water partition coefficient (Wildman–Crippen LogP) is 7.97. The van der Waals surface area contributed by atoms with E-state index >= 15 is 0 Å². The SMILES string of the molecule is C=C(CCCC(CCC)c1cc(NCc2cccnc2)n2ncc(C)c2n1)c1ccc2ccccc2c1. The Morgan fingerprint density at radius 3 is 2.68 bits per heavy atom. The van der Waals surface area contributed by atoms with E-state index in [9.17, 15) is 0 Å². The molecule has 0 fully saturated rings. The molecule has 5 aromatic rings. The molecule has 0 aliphatic rings. The summed E-state index contributed by atoms with van der Waals surface area (Å²) in [4.78, 5) is 9.32. The second kappa shape index (κ2) is 11.4. The van der Waals surface area contributed by atoms with Crippen LogP contribution in [0, 0.1) is 6.92 Å². The van der Waals surface area contributed by atoms with Crippen molar-refractivity contribution in [3.63, 3.8) is 0 Å². The van der Waals surface area contributed by atoms with Gasteiger partial charge in [0.1, 0.15) is 5.82 Å². The average Bonchev–Trinajstić information content (AvgIpc) is 3.32. The zero-order chi connectivity index (χ0) is 25.6. The smallest absolute Gasteiger partial charge is 0.160 e. The van der Waals surface area contributed by atoms with Gasteiger partial charge in [-0.15, -0.1) is 0 Å². The summed E-state index contributed by atoms with van der Waals surface area (Å²) in [6.07, 6.45) is 11.0. The first kappa shape index (κ1) is 24.7. The van der Waals surface area contributed by atoms with Gasteiger partial charge in [-0.1, -0.05) is 62.4 Å². The van der Waals surface area contributed by atoms with Crippen LogP contribution in [-0.2, 0) is 6.54 Å². The van der Waals surface area contributed by atoms with E-state index in [-0.39, 0.29) is 0 Å². The van der Waals surface area contributed by atoms with Crippen LogP contribution in [0.2, 0.25) is 0 Å². The van der Waals surface area contributed by atoms with Crippen molar-refractivity contribution >= 4 is 27.8 Å².